The molecule has 0 amide bonds. The highest BCUT2D eigenvalue weighted by atomic mass is 127. The lowest BCUT2D eigenvalue weighted by Gasteiger charge is -2.12. The van der Waals surface area contributed by atoms with E-state index in [1.165, 1.54) is 30.3 Å². The van der Waals surface area contributed by atoms with Crippen LogP contribution in [0, 0.1) is 17.5 Å². The highest BCUT2D eigenvalue weighted by Crippen LogP contribution is 2.42. The highest BCUT2D eigenvalue weighted by Gasteiger charge is 2.42. The maximum atomic E-state index is 13.8. The minimum Gasteiger partial charge on any atom is -0.356 e. The number of rotatable bonds is 5. The van der Waals surface area contributed by atoms with Gasteiger partial charge in [0.15, 0.2) is 5.96 Å². The van der Waals surface area contributed by atoms with Gasteiger partial charge in [0, 0.05) is 31.1 Å². The molecule has 2 N–H and O–H groups in total. The van der Waals surface area contributed by atoms with Gasteiger partial charge in [0.05, 0.1) is 0 Å². The lowest BCUT2D eigenvalue weighted by atomic mass is 10.1. The van der Waals surface area contributed by atoms with E-state index in [4.69, 9.17) is 0 Å². The third kappa shape index (κ3) is 5.12. The molecule has 0 bridgehead atoms. The number of hydrogen-bond acceptors (Lipinski definition) is 1. The van der Waals surface area contributed by atoms with Crippen LogP contribution < -0.4 is 10.6 Å². The van der Waals surface area contributed by atoms with Gasteiger partial charge in [0.2, 0.25) is 0 Å². The van der Waals surface area contributed by atoms with Gasteiger partial charge in [-0.15, -0.1) is 24.0 Å². The molecule has 140 valence electrons. The predicted molar refractivity (Wildman–Crippen MR) is 108 cm³/mol. The quantitative estimate of drug-likeness (QED) is 0.390. The van der Waals surface area contributed by atoms with Gasteiger partial charge < -0.3 is 10.6 Å². The molecule has 0 spiro atoms. The van der Waals surface area contributed by atoms with Crippen molar-refractivity contribution >= 4 is 29.9 Å². The molecule has 2 aromatic carbocycles. The van der Waals surface area contributed by atoms with Crippen LogP contribution in [-0.4, -0.2) is 25.6 Å². The van der Waals surface area contributed by atoms with Crippen molar-refractivity contribution in [3.05, 3.63) is 71.0 Å². The van der Waals surface area contributed by atoms with Crippen LogP contribution in [0.2, 0.25) is 0 Å². The van der Waals surface area contributed by atoms with Gasteiger partial charge >= 0.3 is 0 Å². The van der Waals surface area contributed by atoms with E-state index in [1.807, 2.05) is 0 Å². The van der Waals surface area contributed by atoms with Crippen LogP contribution in [0.4, 0.5) is 13.2 Å². The molecule has 1 saturated carbocycles. The number of benzene rings is 2. The van der Waals surface area contributed by atoms with Crippen LogP contribution in [0.25, 0.3) is 0 Å². The van der Waals surface area contributed by atoms with E-state index in [1.54, 1.807) is 19.2 Å². The van der Waals surface area contributed by atoms with Crippen molar-refractivity contribution in [2.45, 2.75) is 24.8 Å². The summed E-state index contributed by atoms with van der Waals surface area (Å²) in [6.45, 7) is 0.622. The highest BCUT2D eigenvalue weighted by molar-refractivity contribution is 14.0. The van der Waals surface area contributed by atoms with Gasteiger partial charge in [-0.1, -0.05) is 18.2 Å². The maximum Gasteiger partial charge on any atom is 0.191 e. The lowest BCUT2D eigenvalue weighted by Crippen LogP contribution is -2.40. The Balaban J connectivity index is 0.00000243. The number of nitrogens with zero attached hydrogens (tertiary/aromatic N) is 1. The Morgan fingerprint density at radius 2 is 1.73 bits per heavy atom. The van der Waals surface area contributed by atoms with Crippen LogP contribution in [0.5, 0.6) is 0 Å². The van der Waals surface area contributed by atoms with Crippen molar-refractivity contribution in [3.63, 3.8) is 0 Å². The SMILES string of the molecule is CN=C(NCCc1ccc(F)cc1)NC1CC1c1c(F)cccc1F.I. The van der Waals surface area contributed by atoms with Gasteiger partial charge in [0.1, 0.15) is 17.5 Å². The van der Waals surface area contributed by atoms with Gasteiger partial charge in [-0.25, -0.2) is 13.2 Å². The zero-order chi connectivity index (χ0) is 17.8. The van der Waals surface area contributed by atoms with Crippen molar-refractivity contribution in [2.75, 3.05) is 13.6 Å². The summed E-state index contributed by atoms with van der Waals surface area (Å²) in [6, 6.07) is 10.2. The lowest BCUT2D eigenvalue weighted by molar-refractivity contribution is 0.553. The summed E-state index contributed by atoms with van der Waals surface area (Å²) in [6.07, 6.45) is 1.38. The summed E-state index contributed by atoms with van der Waals surface area (Å²) in [7, 11) is 1.65. The molecular weight excluding hydrogens is 454 g/mol. The van der Waals surface area contributed by atoms with Crippen molar-refractivity contribution in [1.29, 1.82) is 0 Å². The summed E-state index contributed by atoms with van der Waals surface area (Å²) in [5, 5.41) is 6.35. The fourth-order valence-corrected chi connectivity index (χ4v) is 2.89. The number of nitrogens with one attached hydrogen (secondary N) is 2. The molecule has 1 fully saturated rings. The first kappa shape index (κ1) is 20.5. The summed E-state index contributed by atoms with van der Waals surface area (Å²) in [5.41, 5.74) is 1.16. The molecule has 0 aliphatic heterocycles. The molecular formula is C19H21F3IN3. The van der Waals surface area contributed by atoms with Crippen LogP contribution in [-0.2, 0) is 6.42 Å². The number of guanidine groups is 1. The third-order valence-electron chi connectivity index (χ3n) is 4.33. The Labute approximate surface area is 168 Å². The molecule has 0 aromatic heterocycles. The predicted octanol–water partition coefficient (Wildman–Crippen LogP) is 3.99. The van der Waals surface area contributed by atoms with E-state index in [-0.39, 0.29) is 47.3 Å². The number of halogens is 4. The largest absolute Gasteiger partial charge is 0.356 e. The minimum atomic E-state index is -0.506. The molecule has 3 nitrogen and oxygen atoms in total. The fourth-order valence-electron chi connectivity index (χ4n) is 2.89. The smallest absolute Gasteiger partial charge is 0.191 e. The Bertz CT molecular complexity index is 745. The summed E-state index contributed by atoms with van der Waals surface area (Å²) in [5.74, 6) is -0.861. The molecule has 0 heterocycles. The minimum absolute atomic E-state index is 0. The Hall–Kier alpha value is -1.77. The fraction of sp³-hybridized carbons (Fsp3) is 0.316. The van der Waals surface area contributed by atoms with E-state index >= 15 is 0 Å². The van der Waals surface area contributed by atoms with Crippen LogP contribution in [0.1, 0.15) is 23.5 Å². The number of aliphatic imine (C=N–C) groups is 1. The van der Waals surface area contributed by atoms with Crippen molar-refractivity contribution in [2.24, 2.45) is 4.99 Å². The molecule has 2 unspecified atom stereocenters. The molecule has 7 heteroatoms. The molecule has 0 saturated heterocycles. The zero-order valence-corrected chi connectivity index (χ0v) is 16.6. The van der Waals surface area contributed by atoms with E-state index in [0.717, 1.165) is 12.0 Å². The van der Waals surface area contributed by atoms with E-state index in [0.29, 0.717) is 18.9 Å². The van der Waals surface area contributed by atoms with E-state index in [9.17, 15) is 13.2 Å². The number of hydrogen-bond donors (Lipinski definition) is 2. The second-order valence-corrected chi connectivity index (χ2v) is 6.10. The van der Waals surface area contributed by atoms with Crippen LogP contribution >= 0.6 is 24.0 Å². The second kappa shape index (κ2) is 9.25. The molecule has 1 aliphatic rings. The first-order chi connectivity index (χ1) is 12.1. The summed E-state index contributed by atoms with van der Waals surface area (Å²) in [4.78, 5) is 4.13. The summed E-state index contributed by atoms with van der Waals surface area (Å²) < 4.78 is 40.5. The van der Waals surface area contributed by atoms with Gasteiger partial charge in [-0.2, -0.15) is 0 Å². The van der Waals surface area contributed by atoms with Gasteiger partial charge in [-0.3, -0.25) is 4.99 Å². The topological polar surface area (TPSA) is 36.4 Å². The average Bonchev–Trinajstić information content (AvgIpc) is 3.34. The molecule has 0 radical (unpaired) electrons. The van der Waals surface area contributed by atoms with E-state index < -0.39 is 11.6 Å². The van der Waals surface area contributed by atoms with Crippen LogP contribution in [0.15, 0.2) is 47.5 Å². The first-order valence-electron chi connectivity index (χ1n) is 8.24. The Morgan fingerprint density at radius 1 is 1.08 bits per heavy atom. The molecule has 26 heavy (non-hydrogen) atoms. The monoisotopic (exact) mass is 475 g/mol. The third-order valence-corrected chi connectivity index (χ3v) is 4.33. The second-order valence-electron chi connectivity index (χ2n) is 6.10. The molecule has 3 rings (SSSR count). The van der Waals surface area contributed by atoms with Crippen LogP contribution in [0.3, 0.4) is 0 Å². The Kier molecular flexibility index (Phi) is 7.31. The standard InChI is InChI=1S/C19H20F3N3.HI/c1-23-19(24-10-9-12-5-7-13(20)8-6-12)25-17-11-14(17)18-15(21)3-2-4-16(18)22;/h2-8,14,17H,9-11H2,1H3,(H2,23,24,25);1H. The average molecular weight is 475 g/mol. The first-order valence-corrected chi connectivity index (χ1v) is 8.24. The zero-order valence-electron chi connectivity index (χ0n) is 14.3. The van der Waals surface area contributed by atoms with E-state index in [2.05, 4.69) is 15.6 Å². The summed E-state index contributed by atoms with van der Waals surface area (Å²) >= 11 is 0. The Morgan fingerprint density at radius 3 is 2.35 bits per heavy atom. The van der Waals surface area contributed by atoms with Gasteiger partial charge in [-0.05, 0) is 42.7 Å². The maximum absolute atomic E-state index is 13.8. The molecule has 2 aromatic rings. The normalized spacial score (nSPS) is 18.8. The molecule has 2 atom stereocenters. The molecule has 1 aliphatic carbocycles. The van der Waals surface area contributed by atoms with Crippen molar-refractivity contribution < 1.29 is 13.2 Å². The van der Waals surface area contributed by atoms with Gasteiger partial charge in [0.25, 0.3) is 0 Å². The van der Waals surface area contributed by atoms with Crippen molar-refractivity contribution in [3.8, 4) is 0 Å². The van der Waals surface area contributed by atoms with Crippen molar-refractivity contribution in [1.82, 2.24) is 10.6 Å².